The van der Waals surface area contributed by atoms with Crippen molar-refractivity contribution in [1.29, 1.82) is 0 Å². The first-order chi connectivity index (χ1) is 16.1. The number of benzene rings is 1. The summed E-state index contributed by atoms with van der Waals surface area (Å²) < 4.78 is 34.7. The van der Waals surface area contributed by atoms with Gasteiger partial charge in [-0.25, -0.2) is 18.4 Å². The lowest BCUT2D eigenvalue weighted by molar-refractivity contribution is 0.400. The Labute approximate surface area is 199 Å². The molecule has 0 saturated heterocycles. The molecule has 13 heteroatoms. The minimum absolute atomic E-state index is 0.00465. The molecule has 0 aliphatic rings. The van der Waals surface area contributed by atoms with Gasteiger partial charge in [-0.15, -0.1) is 0 Å². The molecule has 3 aromatic heterocycles. The highest BCUT2D eigenvalue weighted by atomic mass is 35.5. The zero-order valence-electron chi connectivity index (χ0n) is 18.4. The molecule has 176 valence electrons. The van der Waals surface area contributed by atoms with Crippen LogP contribution in [0, 0.1) is 0 Å². The highest BCUT2D eigenvalue weighted by Crippen LogP contribution is 2.29. The smallest absolute Gasteiger partial charge is 0.279 e. The van der Waals surface area contributed by atoms with Gasteiger partial charge in [-0.1, -0.05) is 23.7 Å². The zero-order valence-corrected chi connectivity index (χ0v) is 19.9. The molecule has 4 aromatic rings. The monoisotopic (exact) mass is 501 g/mol. The maximum absolute atomic E-state index is 13.3. The number of nitrogens with one attached hydrogen (secondary N) is 1. The molecular weight excluding hydrogens is 482 g/mol. The van der Waals surface area contributed by atoms with Crippen LogP contribution in [-0.4, -0.2) is 40.0 Å². The first kappa shape index (κ1) is 23.4. The van der Waals surface area contributed by atoms with Crippen LogP contribution < -0.4 is 20.8 Å². The second kappa shape index (κ2) is 8.88. The third kappa shape index (κ3) is 4.24. The van der Waals surface area contributed by atoms with Crippen LogP contribution in [0.25, 0.3) is 22.4 Å². The van der Waals surface area contributed by atoms with Gasteiger partial charge in [-0.2, -0.15) is 9.97 Å². The van der Waals surface area contributed by atoms with E-state index in [1.165, 1.54) is 42.1 Å². The zero-order chi connectivity index (χ0) is 24.6. The summed E-state index contributed by atoms with van der Waals surface area (Å²) in [6, 6.07) is 8.66. The second-order valence-corrected chi connectivity index (χ2v) is 9.51. The minimum Gasteiger partial charge on any atom is -0.480 e. The van der Waals surface area contributed by atoms with Gasteiger partial charge in [-0.05, 0) is 38.1 Å². The van der Waals surface area contributed by atoms with Crippen LogP contribution in [0.2, 0.25) is 5.02 Å². The van der Waals surface area contributed by atoms with Crippen molar-refractivity contribution in [3.63, 3.8) is 0 Å². The molecule has 3 N–H and O–H groups in total. The summed E-state index contributed by atoms with van der Waals surface area (Å²) >= 11 is 6.03. The number of nitrogens with zero attached hydrogens (tertiary/aromatic N) is 5. The average molecular weight is 502 g/mol. The Morgan fingerprint density at radius 1 is 1.12 bits per heavy atom. The van der Waals surface area contributed by atoms with E-state index in [1.54, 1.807) is 12.1 Å². The van der Waals surface area contributed by atoms with Crippen LogP contribution in [0.5, 0.6) is 5.88 Å². The Morgan fingerprint density at radius 3 is 2.53 bits per heavy atom. The number of hydrogen-bond donors (Lipinski definition) is 2. The summed E-state index contributed by atoms with van der Waals surface area (Å²) in [5.41, 5.74) is 6.21. The van der Waals surface area contributed by atoms with E-state index in [1.807, 2.05) is 13.8 Å². The van der Waals surface area contributed by atoms with Gasteiger partial charge in [0, 0.05) is 6.04 Å². The van der Waals surface area contributed by atoms with Gasteiger partial charge in [0.05, 0.1) is 23.9 Å². The van der Waals surface area contributed by atoms with E-state index in [4.69, 9.17) is 22.1 Å². The highest BCUT2D eigenvalue weighted by molar-refractivity contribution is 7.92. The summed E-state index contributed by atoms with van der Waals surface area (Å²) in [6.07, 6.45) is 1.42. The number of hydrogen-bond acceptors (Lipinski definition) is 9. The van der Waals surface area contributed by atoms with E-state index >= 15 is 0 Å². The van der Waals surface area contributed by atoms with Gasteiger partial charge in [0.1, 0.15) is 21.9 Å². The van der Waals surface area contributed by atoms with E-state index in [-0.39, 0.29) is 44.9 Å². The number of ether oxygens (including phenoxy) is 1. The summed E-state index contributed by atoms with van der Waals surface area (Å²) in [5.74, 6) is -0.0122. The van der Waals surface area contributed by atoms with E-state index in [9.17, 15) is 13.2 Å². The van der Waals surface area contributed by atoms with Crippen LogP contribution in [0.4, 0.5) is 11.8 Å². The number of sulfonamides is 1. The normalized spacial score (nSPS) is 11.7. The maximum atomic E-state index is 13.3. The molecular formula is C21H20ClN7O4S. The lowest BCUT2D eigenvalue weighted by atomic mass is 10.2. The fourth-order valence-electron chi connectivity index (χ4n) is 3.36. The molecule has 0 spiro atoms. The molecule has 4 rings (SSSR count). The largest absolute Gasteiger partial charge is 0.480 e. The van der Waals surface area contributed by atoms with Crippen LogP contribution >= 0.6 is 11.6 Å². The fraction of sp³-hybridized carbons (Fsp3) is 0.190. The summed E-state index contributed by atoms with van der Waals surface area (Å²) in [4.78, 5) is 30.0. The molecule has 0 aliphatic carbocycles. The first-order valence-electron chi connectivity index (χ1n) is 10.00. The van der Waals surface area contributed by atoms with E-state index in [0.717, 1.165) is 0 Å². The summed E-state index contributed by atoms with van der Waals surface area (Å²) in [6.45, 7) is 3.65. The third-order valence-corrected chi connectivity index (χ3v) is 6.70. The number of rotatable bonds is 6. The van der Waals surface area contributed by atoms with Crippen molar-refractivity contribution >= 4 is 44.6 Å². The van der Waals surface area contributed by atoms with Crippen molar-refractivity contribution in [1.82, 2.24) is 24.5 Å². The average Bonchev–Trinajstić information content (AvgIpc) is 2.78. The van der Waals surface area contributed by atoms with Gasteiger partial charge in [0.15, 0.2) is 5.65 Å². The van der Waals surface area contributed by atoms with Crippen molar-refractivity contribution in [3.8, 4) is 17.1 Å². The van der Waals surface area contributed by atoms with Crippen molar-refractivity contribution in [2.45, 2.75) is 24.8 Å². The van der Waals surface area contributed by atoms with Crippen molar-refractivity contribution in [2.24, 2.45) is 0 Å². The standard InChI is InChI=1S/C21H20ClN7O4S/c1-11(2)29-18-14(10-24-21(23)27-18)25-17(20(29)30)12-8-9-16(26-19(12)33-3)28-34(31,32)15-7-5-4-6-13(15)22/h4-11H,1-3H3,(H,26,28)(H2,23,24,27). The predicted octanol–water partition coefficient (Wildman–Crippen LogP) is 2.87. The Balaban J connectivity index is 1.83. The Morgan fingerprint density at radius 2 is 1.85 bits per heavy atom. The molecule has 0 amide bonds. The number of halogens is 1. The van der Waals surface area contributed by atoms with Crippen LogP contribution in [0.15, 0.2) is 52.3 Å². The molecule has 1 aromatic carbocycles. The number of aromatic nitrogens is 5. The quantitative estimate of drug-likeness (QED) is 0.405. The van der Waals surface area contributed by atoms with Crippen molar-refractivity contribution in [3.05, 3.63) is 58.0 Å². The lowest BCUT2D eigenvalue weighted by Crippen LogP contribution is -2.26. The highest BCUT2D eigenvalue weighted by Gasteiger charge is 2.22. The molecule has 11 nitrogen and oxygen atoms in total. The third-order valence-electron chi connectivity index (χ3n) is 4.84. The van der Waals surface area contributed by atoms with Gasteiger partial charge in [-0.3, -0.25) is 14.1 Å². The minimum atomic E-state index is -4.02. The second-order valence-electron chi connectivity index (χ2n) is 7.46. The summed E-state index contributed by atoms with van der Waals surface area (Å²) in [7, 11) is -2.66. The SMILES string of the molecule is COc1nc(NS(=O)(=O)c2ccccc2Cl)ccc1-c1nc2cnc(N)nc2n(C(C)C)c1=O. The molecule has 0 saturated carbocycles. The van der Waals surface area contributed by atoms with Crippen LogP contribution in [-0.2, 0) is 10.0 Å². The molecule has 0 atom stereocenters. The number of nitrogens with two attached hydrogens (primary N) is 1. The maximum Gasteiger partial charge on any atom is 0.279 e. The lowest BCUT2D eigenvalue weighted by Gasteiger charge is -2.16. The van der Waals surface area contributed by atoms with Gasteiger partial charge < -0.3 is 10.5 Å². The Hall–Kier alpha value is -3.77. The first-order valence-corrected chi connectivity index (χ1v) is 11.9. The number of pyridine rings is 1. The summed E-state index contributed by atoms with van der Waals surface area (Å²) in [5, 5.41) is 0.0658. The van der Waals surface area contributed by atoms with E-state index in [2.05, 4.69) is 24.7 Å². The van der Waals surface area contributed by atoms with Gasteiger partial charge >= 0.3 is 0 Å². The molecule has 3 heterocycles. The Kier molecular flexibility index (Phi) is 6.11. The van der Waals surface area contributed by atoms with Crippen molar-refractivity contribution in [2.75, 3.05) is 17.6 Å². The van der Waals surface area contributed by atoms with Crippen molar-refractivity contribution < 1.29 is 13.2 Å². The van der Waals surface area contributed by atoms with Gasteiger partial charge in [0.2, 0.25) is 11.8 Å². The molecule has 0 aliphatic heterocycles. The molecule has 0 fully saturated rings. The van der Waals surface area contributed by atoms with E-state index in [0.29, 0.717) is 11.2 Å². The van der Waals surface area contributed by atoms with Crippen LogP contribution in [0.3, 0.4) is 0 Å². The fourth-order valence-corrected chi connectivity index (χ4v) is 4.88. The van der Waals surface area contributed by atoms with Crippen LogP contribution in [0.1, 0.15) is 19.9 Å². The topological polar surface area (TPSA) is 155 Å². The van der Waals surface area contributed by atoms with E-state index < -0.39 is 15.6 Å². The molecule has 0 radical (unpaired) electrons. The Bertz CT molecular complexity index is 1570. The van der Waals surface area contributed by atoms with Gasteiger partial charge in [0.25, 0.3) is 15.6 Å². The number of fused-ring (bicyclic) bond motifs is 1. The molecule has 0 unspecified atom stereocenters. The number of anilines is 2. The number of methoxy groups -OCH3 is 1. The molecule has 34 heavy (non-hydrogen) atoms. The predicted molar refractivity (Wildman–Crippen MR) is 128 cm³/mol. The molecule has 0 bridgehead atoms. The number of nitrogen functional groups attached to an aromatic ring is 1.